The molecule has 7 heteroatoms. The smallest absolute Gasteiger partial charge is 0.201 e. The van der Waals surface area contributed by atoms with Crippen molar-refractivity contribution < 1.29 is 4.39 Å². The van der Waals surface area contributed by atoms with Gasteiger partial charge in [-0.3, -0.25) is 0 Å². The zero-order valence-corrected chi connectivity index (χ0v) is 13.7. The molecule has 0 amide bonds. The molecule has 3 aromatic rings. The summed E-state index contributed by atoms with van der Waals surface area (Å²) >= 11 is 3.58. The molecule has 2 N–H and O–H groups in total. The molecule has 0 atom stereocenters. The number of nitrogens with zero attached hydrogens (tertiary/aromatic N) is 3. The number of anilines is 1. The summed E-state index contributed by atoms with van der Waals surface area (Å²) in [6, 6.07) is 3.21. The van der Waals surface area contributed by atoms with Gasteiger partial charge in [-0.1, -0.05) is 0 Å². The van der Waals surface area contributed by atoms with Gasteiger partial charge in [0.1, 0.15) is 5.82 Å². The van der Waals surface area contributed by atoms with E-state index in [0.717, 1.165) is 28.2 Å². The van der Waals surface area contributed by atoms with Crippen molar-refractivity contribution in [1.82, 2.24) is 14.5 Å². The Kier molecular flexibility index (Phi) is 3.63. The molecule has 0 fully saturated rings. The van der Waals surface area contributed by atoms with Crippen LogP contribution in [-0.2, 0) is 13.0 Å². The molecule has 2 heterocycles. The molecule has 0 unspecified atom stereocenters. The lowest BCUT2D eigenvalue weighted by molar-refractivity contribution is 0.620. The predicted molar refractivity (Wildman–Crippen MR) is 87.4 cm³/mol. The Hall–Kier alpha value is -1.22. The Bertz CT molecular complexity index is 780. The summed E-state index contributed by atoms with van der Waals surface area (Å²) in [5.41, 5.74) is 8.41. The summed E-state index contributed by atoms with van der Waals surface area (Å²) < 4.78 is 16.1. The van der Waals surface area contributed by atoms with E-state index in [-0.39, 0.29) is 5.82 Å². The van der Waals surface area contributed by atoms with E-state index in [1.807, 2.05) is 39.5 Å². The van der Waals surface area contributed by atoms with Crippen LogP contribution in [0.5, 0.6) is 0 Å². The number of aromatic nitrogens is 3. The van der Waals surface area contributed by atoms with Crippen LogP contribution in [0.2, 0.25) is 0 Å². The zero-order valence-electron chi connectivity index (χ0n) is 10.7. The molecule has 0 aliphatic rings. The topological polar surface area (TPSA) is 56.7 Å². The van der Waals surface area contributed by atoms with E-state index >= 15 is 0 Å². The number of hydrogen-bond acceptors (Lipinski definition) is 4. The number of fused-ring (bicyclic) bond motifs is 1. The van der Waals surface area contributed by atoms with Gasteiger partial charge in [-0.25, -0.2) is 14.4 Å². The molecular formula is C13H12FIN4S. The second-order valence-corrected chi connectivity index (χ2v) is 6.61. The molecule has 0 aliphatic carbocycles. The van der Waals surface area contributed by atoms with Gasteiger partial charge in [-0.15, -0.1) is 11.3 Å². The molecular weight excluding hydrogens is 390 g/mol. The third kappa shape index (κ3) is 2.51. The first-order chi connectivity index (χ1) is 9.54. The van der Waals surface area contributed by atoms with Crippen LogP contribution in [0.4, 0.5) is 10.3 Å². The van der Waals surface area contributed by atoms with E-state index < -0.39 is 0 Å². The van der Waals surface area contributed by atoms with Crippen molar-refractivity contribution >= 4 is 50.9 Å². The summed E-state index contributed by atoms with van der Waals surface area (Å²) in [5.74, 6) is 0.166. The summed E-state index contributed by atoms with van der Waals surface area (Å²) in [4.78, 5) is 8.71. The standard InChI is InChI=1S/C13H12FIN4S/c1-7-6-20-12(17-7)2-3-19-11-4-8(14)9(15)5-10(11)18-13(19)16/h4-6H,2-3H2,1H3,(H2,16,18). The quantitative estimate of drug-likeness (QED) is 0.684. The average molecular weight is 402 g/mol. The van der Waals surface area contributed by atoms with E-state index in [0.29, 0.717) is 16.1 Å². The SMILES string of the molecule is Cc1csc(CCn2c(N)nc3cc(I)c(F)cc32)n1. The molecule has 0 saturated heterocycles. The van der Waals surface area contributed by atoms with Crippen LogP contribution < -0.4 is 5.73 Å². The average Bonchev–Trinajstić information content (AvgIpc) is 2.92. The molecule has 0 aliphatic heterocycles. The summed E-state index contributed by atoms with van der Waals surface area (Å²) in [7, 11) is 0. The Morgan fingerprint density at radius 3 is 2.90 bits per heavy atom. The van der Waals surface area contributed by atoms with E-state index in [1.165, 1.54) is 6.07 Å². The highest BCUT2D eigenvalue weighted by Crippen LogP contribution is 2.23. The molecule has 3 rings (SSSR count). The highest BCUT2D eigenvalue weighted by atomic mass is 127. The number of halogens is 2. The maximum Gasteiger partial charge on any atom is 0.201 e. The Labute approximate surface area is 133 Å². The fraction of sp³-hybridized carbons (Fsp3) is 0.231. The molecule has 0 bridgehead atoms. The lowest BCUT2D eigenvalue weighted by Gasteiger charge is -2.05. The van der Waals surface area contributed by atoms with Gasteiger partial charge in [0.15, 0.2) is 0 Å². The largest absolute Gasteiger partial charge is 0.369 e. The number of hydrogen-bond donors (Lipinski definition) is 1. The first kappa shape index (κ1) is 13.7. The second kappa shape index (κ2) is 5.28. The van der Waals surface area contributed by atoms with E-state index in [9.17, 15) is 4.39 Å². The summed E-state index contributed by atoms with van der Waals surface area (Å²) in [6.07, 6.45) is 0.766. The highest BCUT2D eigenvalue weighted by molar-refractivity contribution is 14.1. The van der Waals surface area contributed by atoms with Crippen molar-refractivity contribution in [3.8, 4) is 0 Å². The lowest BCUT2D eigenvalue weighted by Crippen LogP contribution is -2.05. The van der Waals surface area contributed by atoms with Gasteiger partial charge in [0, 0.05) is 30.1 Å². The molecule has 0 radical (unpaired) electrons. The van der Waals surface area contributed by atoms with Crippen LogP contribution >= 0.6 is 33.9 Å². The van der Waals surface area contributed by atoms with Crippen molar-refractivity contribution in [3.05, 3.63) is 37.6 Å². The van der Waals surface area contributed by atoms with Gasteiger partial charge in [0.2, 0.25) is 5.95 Å². The van der Waals surface area contributed by atoms with Crippen LogP contribution in [0.15, 0.2) is 17.5 Å². The monoisotopic (exact) mass is 402 g/mol. The number of nitrogen functional groups attached to an aromatic ring is 1. The number of aryl methyl sites for hydroxylation is 3. The summed E-state index contributed by atoms with van der Waals surface area (Å²) in [5, 5.41) is 3.07. The van der Waals surface area contributed by atoms with Gasteiger partial charge < -0.3 is 10.3 Å². The fourth-order valence-electron chi connectivity index (χ4n) is 2.10. The molecule has 4 nitrogen and oxygen atoms in total. The van der Waals surface area contributed by atoms with Crippen molar-refractivity contribution in [2.24, 2.45) is 0 Å². The molecule has 2 aromatic heterocycles. The molecule has 1 aromatic carbocycles. The van der Waals surface area contributed by atoms with E-state index in [1.54, 1.807) is 17.4 Å². The van der Waals surface area contributed by atoms with Crippen LogP contribution in [-0.4, -0.2) is 14.5 Å². The highest BCUT2D eigenvalue weighted by Gasteiger charge is 2.12. The third-order valence-corrected chi connectivity index (χ3v) is 4.89. The number of benzene rings is 1. The molecule has 104 valence electrons. The van der Waals surface area contributed by atoms with Crippen molar-refractivity contribution in [2.45, 2.75) is 19.9 Å². The van der Waals surface area contributed by atoms with Gasteiger partial charge in [0.05, 0.1) is 19.6 Å². The number of nitrogens with two attached hydrogens (primary N) is 1. The summed E-state index contributed by atoms with van der Waals surface area (Å²) in [6.45, 7) is 2.62. The van der Waals surface area contributed by atoms with E-state index in [4.69, 9.17) is 5.73 Å². The van der Waals surface area contributed by atoms with Gasteiger partial charge in [-0.2, -0.15) is 0 Å². The molecule has 0 saturated carbocycles. The zero-order chi connectivity index (χ0) is 14.3. The minimum atomic E-state index is -0.246. The Morgan fingerprint density at radius 2 is 2.20 bits per heavy atom. The predicted octanol–water partition coefficient (Wildman–Crippen LogP) is 3.37. The Balaban J connectivity index is 1.94. The number of rotatable bonds is 3. The van der Waals surface area contributed by atoms with E-state index in [2.05, 4.69) is 9.97 Å². The number of thiazole rings is 1. The van der Waals surface area contributed by atoms with Crippen LogP contribution in [0.25, 0.3) is 11.0 Å². The van der Waals surface area contributed by atoms with Gasteiger partial charge in [0.25, 0.3) is 0 Å². The minimum absolute atomic E-state index is 0.246. The maximum absolute atomic E-state index is 13.7. The van der Waals surface area contributed by atoms with Crippen LogP contribution in [0.3, 0.4) is 0 Å². The van der Waals surface area contributed by atoms with Gasteiger partial charge in [-0.05, 0) is 35.6 Å². The first-order valence-corrected chi connectivity index (χ1v) is 8.02. The van der Waals surface area contributed by atoms with Crippen molar-refractivity contribution in [2.75, 3.05) is 5.73 Å². The first-order valence-electron chi connectivity index (χ1n) is 6.06. The maximum atomic E-state index is 13.7. The van der Waals surface area contributed by atoms with Crippen molar-refractivity contribution in [3.63, 3.8) is 0 Å². The van der Waals surface area contributed by atoms with Crippen molar-refractivity contribution in [1.29, 1.82) is 0 Å². The lowest BCUT2D eigenvalue weighted by atomic mass is 10.3. The van der Waals surface area contributed by atoms with Gasteiger partial charge >= 0.3 is 0 Å². The normalized spacial score (nSPS) is 11.3. The third-order valence-electron chi connectivity index (χ3n) is 3.04. The molecule has 20 heavy (non-hydrogen) atoms. The second-order valence-electron chi connectivity index (χ2n) is 4.51. The number of imidazole rings is 1. The Morgan fingerprint density at radius 1 is 1.40 bits per heavy atom. The molecule has 0 spiro atoms. The fourth-order valence-corrected chi connectivity index (χ4v) is 3.31. The van der Waals surface area contributed by atoms with Crippen LogP contribution in [0.1, 0.15) is 10.7 Å². The minimum Gasteiger partial charge on any atom is -0.369 e. The van der Waals surface area contributed by atoms with Crippen LogP contribution in [0, 0.1) is 16.3 Å².